The molecule has 0 atom stereocenters. The molecule has 7 heteroatoms. The summed E-state index contributed by atoms with van der Waals surface area (Å²) in [4.78, 5) is 12.2. The smallest absolute Gasteiger partial charge is 0.230 e. The SMILES string of the molecule is C=CCn1c(COc2cccc(C)c2)nnc1SCC(=O)NCCc1ccccc1. The number of hydrogen-bond donors (Lipinski definition) is 1. The molecule has 6 nitrogen and oxygen atoms in total. The van der Waals surface area contributed by atoms with Gasteiger partial charge in [0.2, 0.25) is 5.91 Å². The summed E-state index contributed by atoms with van der Waals surface area (Å²) in [7, 11) is 0. The number of hydrogen-bond acceptors (Lipinski definition) is 5. The van der Waals surface area contributed by atoms with Crippen LogP contribution in [0.15, 0.2) is 72.4 Å². The number of benzene rings is 2. The standard InChI is InChI=1S/C23H26N4O2S/c1-3-14-27-21(16-29-20-11-7-8-18(2)15-20)25-26-23(27)30-17-22(28)24-13-12-19-9-5-4-6-10-19/h3-11,15H,1,12-14,16-17H2,2H3,(H,24,28). The molecule has 0 radical (unpaired) electrons. The lowest BCUT2D eigenvalue weighted by Crippen LogP contribution is -2.27. The molecular weight excluding hydrogens is 396 g/mol. The van der Waals surface area contributed by atoms with Gasteiger partial charge in [-0.2, -0.15) is 0 Å². The van der Waals surface area contributed by atoms with E-state index in [0.717, 1.165) is 17.7 Å². The summed E-state index contributed by atoms with van der Waals surface area (Å²) in [5.74, 6) is 1.74. The van der Waals surface area contributed by atoms with Crippen molar-refractivity contribution in [2.24, 2.45) is 0 Å². The average molecular weight is 423 g/mol. The molecule has 0 saturated carbocycles. The molecule has 0 aliphatic carbocycles. The van der Waals surface area contributed by atoms with Gasteiger partial charge < -0.3 is 10.1 Å². The number of amides is 1. The van der Waals surface area contributed by atoms with Crippen molar-refractivity contribution < 1.29 is 9.53 Å². The lowest BCUT2D eigenvalue weighted by Gasteiger charge is -2.10. The van der Waals surface area contributed by atoms with Crippen LogP contribution in [0.25, 0.3) is 0 Å². The molecule has 30 heavy (non-hydrogen) atoms. The van der Waals surface area contributed by atoms with Gasteiger partial charge in [-0.3, -0.25) is 9.36 Å². The summed E-state index contributed by atoms with van der Waals surface area (Å²) in [6, 6.07) is 18.0. The predicted octanol–water partition coefficient (Wildman–Crippen LogP) is 3.80. The first kappa shape index (κ1) is 21.6. The molecule has 1 N–H and O–H groups in total. The molecular formula is C23H26N4O2S. The average Bonchev–Trinajstić information content (AvgIpc) is 3.13. The third-order valence-corrected chi connectivity index (χ3v) is 5.34. The molecule has 0 saturated heterocycles. The van der Waals surface area contributed by atoms with Gasteiger partial charge in [0.15, 0.2) is 11.0 Å². The number of carbonyl (C=O) groups excluding carboxylic acids is 1. The molecule has 0 bridgehead atoms. The fourth-order valence-electron chi connectivity index (χ4n) is 2.87. The fraction of sp³-hybridized carbons (Fsp3) is 0.261. The van der Waals surface area contributed by atoms with Gasteiger partial charge >= 0.3 is 0 Å². The highest BCUT2D eigenvalue weighted by atomic mass is 32.2. The second kappa shape index (κ2) is 11.2. The second-order valence-corrected chi connectivity index (χ2v) is 7.72. The maximum Gasteiger partial charge on any atom is 0.230 e. The molecule has 1 aromatic heterocycles. The molecule has 3 aromatic rings. The van der Waals surface area contributed by atoms with E-state index in [-0.39, 0.29) is 11.7 Å². The van der Waals surface area contributed by atoms with Gasteiger partial charge in [0.1, 0.15) is 12.4 Å². The molecule has 0 spiro atoms. The summed E-state index contributed by atoms with van der Waals surface area (Å²) < 4.78 is 7.77. The third kappa shape index (κ3) is 6.49. The summed E-state index contributed by atoms with van der Waals surface area (Å²) in [5.41, 5.74) is 2.34. The second-order valence-electron chi connectivity index (χ2n) is 6.78. The van der Waals surface area contributed by atoms with Crippen molar-refractivity contribution in [1.29, 1.82) is 0 Å². The van der Waals surface area contributed by atoms with Gasteiger partial charge in [-0.1, -0.05) is 60.3 Å². The van der Waals surface area contributed by atoms with Crippen molar-refractivity contribution in [3.05, 3.63) is 84.2 Å². The number of nitrogens with one attached hydrogen (secondary N) is 1. The minimum atomic E-state index is -0.0263. The molecule has 2 aromatic carbocycles. The van der Waals surface area contributed by atoms with Crippen molar-refractivity contribution in [2.45, 2.75) is 31.7 Å². The van der Waals surface area contributed by atoms with Crippen molar-refractivity contribution in [1.82, 2.24) is 20.1 Å². The number of thioether (sulfide) groups is 1. The Labute approximate surface area is 181 Å². The quantitative estimate of drug-likeness (QED) is 0.376. The van der Waals surface area contributed by atoms with Gasteiger partial charge in [0.05, 0.1) is 5.75 Å². The first-order chi connectivity index (χ1) is 14.7. The van der Waals surface area contributed by atoms with E-state index >= 15 is 0 Å². The van der Waals surface area contributed by atoms with Crippen LogP contribution in [0.1, 0.15) is 17.0 Å². The molecule has 0 unspecified atom stereocenters. The monoisotopic (exact) mass is 422 g/mol. The van der Waals surface area contributed by atoms with E-state index in [2.05, 4.69) is 34.2 Å². The number of nitrogens with zero attached hydrogens (tertiary/aromatic N) is 3. The zero-order valence-corrected chi connectivity index (χ0v) is 17.9. The fourth-order valence-corrected chi connectivity index (χ4v) is 3.67. The molecule has 3 rings (SSSR count). The molecule has 1 heterocycles. The Morgan fingerprint density at radius 3 is 2.80 bits per heavy atom. The van der Waals surface area contributed by atoms with Crippen LogP contribution in [0.4, 0.5) is 0 Å². The molecule has 0 fully saturated rings. The zero-order chi connectivity index (χ0) is 21.2. The number of carbonyl (C=O) groups is 1. The Morgan fingerprint density at radius 1 is 1.20 bits per heavy atom. The van der Waals surface area contributed by atoms with Crippen LogP contribution in [0, 0.1) is 6.92 Å². The normalized spacial score (nSPS) is 10.6. The van der Waals surface area contributed by atoms with Gasteiger partial charge in [-0.05, 0) is 36.6 Å². The topological polar surface area (TPSA) is 69.0 Å². The first-order valence-corrected chi connectivity index (χ1v) is 10.8. The van der Waals surface area contributed by atoms with E-state index in [1.165, 1.54) is 17.3 Å². The molecule has 0 aliphatic heterocycles. The lowest BCUT2D eigenvalue weighted by atomic mass is 10.1. The highest BCUT2D eigenvalue weighted by Gasteiger charge is 2.14. The van der Waals surface area contributed by atoms with E-state index in [0.29, 0.717) is 30.7 Å². The van der Waals surface area contributed by atoms with Gasteiger partial charge in [0, 0.05) is 13.1 Å². The lowest BCUT2D eigenvalue weighted by molar-refractivity contribution is -0.118. The van der Waals surface area contributed by atoms with Gasteiger partial charge in [0.25, 0.3) is 0 Å². The van der Waals surface area contributed by atoms with Crippen molar-refractivity contribution in [3.63, 3.8) is 0 Å². The van der Waals surface area contributed by atoms with E-state index < -0.39 is 0 Å². The van der Waals surface area contributed by atoms with E-state index in [1.807, 2.05) is 54.0 Å². The summed E-state index contributed by atoms with van der Waals surface area (Å²) >= 11 is 1.36. The highest BCUT2D eigenvalue weighted by Crippen LogP contribution is 2.19. The number of allylic oxidation sites excluding steroid dienone is 1. The van der Waals surface area contributed by atoms with Crippen LogP contribution in [-0.2, 0) is 24.4 Å². The van der Waals surface area contributed by atoms with E-state index in [4.69, 9.17) is 4.74 Å². The van der Waals surface area contributed by atoms with E-state index in [9.17, 15) is 4.79 Å². The van der Waals surface area contributed by atoms with Crippen molar-refractivity contribution >= 4 is 17.7 Å². The number of rotatable bonds is 11. The van der Waals surface area contributed by atoms with Crippen LogP contribution in [0.5, 0.6) is 5.75 Å². The molecule has 0 aliphatic rings. The minimum Gasteiger partial charge on any atom is -0.486 e. The maximum absolute atomic E-state index is 12.2. The van der Waals surface area contributed by atoms with Crippen LogP contribution < -0.4 is 10.1 Å². The summed E-state index contributed by atoms with van der Waals surface area (Å²) in [6.45, 7) is 7.29. The Hall–Kier alpha value is -3.06. The van der Waals surface area contributed by atoms with Crippen molar-refractivity contribution in [3.8, 4) is 5.75 Å². The number of aryl methyl sites for hydroxylation is 1. The summed E-state index contributed by atoms with van der Waals surface area (Å²) in [6.07, 6.45) is 2.59. The maximum atomic E-state index is 12.2. The predicted molar refractivity (Wildman–Crippen MR) is 120 cm³/mol. The highest BCUT2D eigenvalue weighted by molar-refractivity contribution is 7.99. The van der Waals surface area contributed by atoms with Crippen LogP contribution >= 0.6 is 11.8 Å². The molecule has 156 valence electrons. The summed E-state index contributed by atoms with van der Waals surface area (Å²) in [5, 5.41) is 12.1. The molecule has 1 amide bonds. The Morgan fingerprint density at radius 2 is 2.03 bits per heavy atom. The Kier molecular flexibility index (Phi) is 8.09. The largest absolute Gasteiger partial charge is 0.486 e. The Bertz CT molecular complexity index is 972. The van der Waals surface area contributed by atoms with Crippen molar-refractivity contribution in [2.75, 3.05) is 12.3 Å². The number of ether oxygens (including phenoxy) is 1. The van der Waals surface area contributed by atoms with Crippen LogP contribution in [0.3, 0.4) is 0 Å². The van der Waals surface area contributed by atoms with Gasteiger partial charge in [-0.25, -0.2) is 0 Å². The van der Waals surface area contributed by atoms with Crippen LogP contribution in [-0.4, -0.2) is 33.0 Å². The third-order valence-electron chi connectivity index (χ3n) is 4.37. The van der Waals surface area contributed by atoms with E-state index in [1.54, 1.807) is 6.08 Å². The van der Waals surface area contributed by atoms with Crippen LogP contribution in [0.2, 0.25) is 0 Å². The van der Waals surface area contributed by atoms with Gasteiger partial charge in [-0.15, -0.1) is 16.8 Å². The Balaban J connectivity index is 1.51. The number of aromatic nitrogens is 3. The zero-order valence-electron chi connectivity index (χ0n) is 17.1. The first-order valence-electron chi connectivity index (χ1n) is 9.81. The minimum absolute atomic E-state index is 0.0263.